The van der Waals surface area contributed by atoms with Gasteiger partial charge >= 0.3 is 0 Å². The summed E-state index contributed by atoms with van der Waals surface area (Å²) in [5, 5.41) is 3.98. The molecule has 1 saturated heterocycles. The zero-order chi connectivity index (χ0) is 15.5. The van der Waals surface area contributed by atoms with Crippen molar-refractivity contribution in [2.75, 3.05) is 13.2 Å². The van der Waals surface area contributed by atoms with Gasteiger partial charge in [-0.15, -0.1) is 0 Å². The lowest BCUT2D eigenvalue weighted by Crippen LogP contribution is -2.46. The summed E-state index contributed by atoms with van der Waals surface area (Å²) in [5.74, 6) is 0.867. The third kappa shape index (κ3) is 3.00. The maximum Gasteiger partial charge on any atom is 0.237 e. The van der Waals surface area contributed by atoms with Gasteiger partial charge in [0.25, 0.3) is 0 Å². The average molecular weight is 302 g/mol. The first-order valence-corrected chi connectivity index (χ1v) is 7.75. The smallest absolute Gasteiger partial charge is 0.237 e. The number of ether oxygens (including phenoxy) is 1. The molecule has 22 heavy (non-hydrogen) atoms. The lowest BCUT2D eigenvalue weighted by atomic mass is 9.92. The van der Waals surface area contributed by atoms with Crippen LogP contribution in [0, 0.1) is 12.8 Å². The average Bonchev–Trinajstić information content (AvgIpc) is 2.89. The van der Waals surface area contributed by atoms with Crippen LogP contribution in [0.15, 0.2) is 28.7 Å². The van der Waals surface area contributed by atoms with E-state index >= 15 is 0 Å². The topological polar surface area (TPSA) is 77.5 Å². The monoisotopic (exact) mass is 302 g/mol. The van der Waals surface area contributed by atoms with Crippen LogP contribution in [0.4, 0.5) is 0 Å². The fourth-order valence-corrected chi connectivity index (χ4v) is 2.97. The number of nitrogens with two attached hydrogens (primary N) is 1. The van der Waals surface area contributed by atoms with E-state index in [-0.39, 0.29) is 11.8 Å². The first kappa shape index (κ1) is 15.1. The molecule has 1 aromatic carbocycles. The molecule has 2 heterocycles. The summed E-state index contributed by atoms with van der Waals surface area (Å²) in [5.41, 5.74) is 7.98. The summed E-state index contributed by atoms with van der Waals surface area (Å²) >= 11 is 0. The fourth-order valence-electron chi connectivity index (χ4n) is 2.97. The molecule has 0 aliphatic carbocycles. The number of hydrogen-bond acceptors (Lipinski definition) is 4. The molecule has 2 aromatic rings. The molecule has 0 bridgehead atoms. The van der Waals surface area contributed by atoms with Gasteiger partial charge in [-0.05, 0) is 31.7 Å². The summed E-state index contributed by atoms with van der Waals surface area (Å²) in [4.78, 5) is 12.2. The van der Waals surface area contributed by atoms with Crippen molar-refractivity contribution in [1.29, 1.82) is 0 Å². The Morgan fingerprint density at radius 2 is 2.09 bits per heavy atom. The van der Waals surface area contributed by atoms with E-state index in [0.29, 0.717) is 19.8 Å². The number of rotatable bonds is 4. The second-order valence-electron chi connectivity index (χ2n) is 5.84. The zero-order valence-electron chi connectivity index (χ0n) is 12.8. The van der Waals surface area contributed by atoms with Gasteiger partial charge in [0.05, 0.1) is 12.6 Å². The predicted molar refractivity (Wildman–Crippen MR) is 84.3 cm³/mol. The minimum absolute atomic E-state index is 0.119. The highest BCUT2D eigenvalue weighted by molar-refractivity contribution is 5.83. The van der Waals surface area contributed by atoms with Crippen LogP contribution in [-0.2, 0) is 16.1 Å². The van der Waals surface area contributed by atoms with Crippen LogP contribution in [0.5, 0.6) is 0 Å². The summed E-state index contributed by atoms with van der Waals surface area (Å²) in [7, 11) is 0. The van der Waals surface area contributed by atoms with Crippen LogP contribution >= 0.6 is 0 Å². The standard InChI is InChI=1S/C17H22N2O3/c1-11-13-4-2-3-5-14(13)22-15(11)10-19-17(20)16(18)12-6-8-21-9-7-12/h2-5,12,16H,6-10,18H2,1H3,(H,19,20). The molecule has 118 valence electrons. The molecule has 0 spiro atoms. The highest BCUT2D eigenvalue weighted by Crippen LogP contribution is 2.25. The van der Waals surface area contributed by atoms with Crippen molar-refractivity contribution in [3.05, 3.63) is 35.6 Å². The Morgan fingerprint density at radius 3 is 2.82 bits per heavy atom. The second kappa shape index (κ2) is 6.50. The van der Waals surface area contributed by atoms with E-state index in [9.17, 15) is 4.79 Å². The summed E-state index contributed by atoms with van der Waals surface area (Å²) in [6, 6.07) is 7.39. The molecule has 5 heteroatoms. The molecule has 1 aromatic heterocycles. The number of furan rings is 1. The quantitative estimate of drug-likeness (QED) is 0.907. The van der Waals surface area contributed by atoms with Gasteiger partial charge in [0.2, 0.25) is 5.91 Å². The van der Waals surface area contributed by atoms with E-state index < -0.39 is 6.04 Å². The molecule has 5 nitrogen and oxygen atoms in total. The van der Waals surface area contributed by atoms with Gasteiger partial charge in [-0.25, -0.2) is 0 Å². The van der Waals surface area contributed by atoms with Crippen LogP contribution < -0.4 is 11.1 Å². The van der Waals surface area contributed by atoms with Crippen molar-refractivity contribution in [2.45, 2.75) is 32.4 Å². The van der Waals surface area contributed by atoms with Crippen molar-refractivity contribution < 1.29 is 13.9 Å². The van der Waals surface area contributed by atoms with Crippen molar-refractivity contribution in [3.63, 3.8) is 0 Å². The van der Waals surface area contributed by atoms with E-state index in [1.165, 1.54) is 0 Å². The molecular weight excluding hydrogens is 280 g/mol. The van der Waals surface area contributed by atoms with Gasteiger partial charge in [-0.2, -0.15) is 0 Å². The minimum atomic E-state index is -0.478. The van der Waals surface area contributed by atoms with Gasteiger partial charge in [0.1, 0.15) is 11.3 Å². The summed E-state index contributed by atoms with van der Waals surface area (Å²) in [6.45, 7) is 3.75. The highest BCUT2D eigenvalue weighted by atomic mass is 16.5. The number of carbonyl (C=O) groups excluding carboxylic acids is 1. The van der Waals surface area contributed by atoms with Gasteiger partial charge < -0.3 is 20.2 Å². The first-order valence-electron chi connectivity index (χ1n) is 7.75. The van der Waals surface area contributed by atoms with Crippen LogP contribution in [0.1, 0.15) is 24.2 Å². The SMILES string of the molecule is Cc1c(CNC(=O)C(N)C2CCOCC2)oc2ccccc12. The van der Waals surface area contributed by atoms with Crippen molar-refractivity contribution >= 4 is 16.9 Å². The van der Waals surface area contributed by atoms with Crippen LogP contribution in [0.25, 0.3) is 11.0 Å². The van der Waals surface area contributed by atoms with Gasteiger partial charge in [0, 0.05) is 24.2 Å². The van der Waals surface area contributed by atoms with E-state index in [1.807, 2.05) is 31.2 Å². The Kier molecular flexibility index (Phi) is 4.45. The molecule has 0 radical (unpaired) electrons. The maximum absolute atomic E-state index is 12.2. The normalized spacial score (nSPS) is 17.5. The Bertz CT molecular complexity index is 659. The Labute approximate surface area is 129 Å². The molecule has 3 N–H and O–H groups in total. The van der Waals surface area contributed by atoms with Gasteiger partial charge in [0.15, 0.2) is 0 Å². The molecule has 1 amide bonds. The third-order valence-corrected chi connectivity index (χ3v) is 4.44. The van der Waals surface area contributed by atoms with E-state index in [1.54, 1.807) is 0 Å². The number of carbonyl (C=O) groups is 1. The number of para-hydroxylation sites is 1. The van der Waals surface area contributed by atoms with Crippen LogP contribution in [-0.4, -0.2) is 25.2 Å². The molecule has 1 fully saturated rings. The number of fused-ring (bicyclic) bond motifs is 1. The maximum atomic E-state index is 12.2. The number of benzene rings is 1. The van der Waals surface area contributed by atoms with Crippen LogP contribution in [0.3, 0.4) is 0 Å². The lowest BCUT2D eigenvalue weighted by Gasteiger charge is -2.26. The lowest BCUT2D eigenvalue weighted by molar-refractivity contribution is -0.124. The molecule has 0 saturated carbocycles. The van der Waals surface area contributed by atoms with Crippen molar-refractivity contribution in [1.82, 2.24) is 5.32 Å². The van der Waals surface area contributed by atoms with E-state index in [0.717, 1.165) is 35.1 Å². The Hall–Kier alpha value is -1.85. The fraction of sp³-hybridized carbons (Fsp3) is 0.471. The molecule has 1 aliphatic rings. The number of hydrogen-bond donors (Lipinski definition) is 2. The van der Waals surface area contributed by atoms with E-state index in [2.05, 4.69) is 5.32 Å². The highest BCUT2D eigenvalue weighted by Gasteiger charge is 2.26. The van der Waals surface area contributed by atoms with E-state index in [4.69, 9.17) is 14.9 Å². The minimum Gasteiger partial charge on any atom is -0.459 e. The van der Waals surface area contributed by atoms with Crippen molar-refractivity contribution in [3.8, 4) is 0 Å². The number of amides is 1. The molecule has 3 rings (SSSR count). The molecular formula is C17H22N2O3. The number of aryl methyl sites for hydroxylation is 1. The third-order valence-electron chi connectivity index (χ3n) is 4.44. The molecule has 1 atom stereocenters. The molecule has 1 aliphatic heterocycles. The second-order valence-corrected chi connectivity index (χ2v) is 5.84. The summed E-state index contributed by atoms with van der Waals surface area (Å²) < 4.78 is 11.1. The van der Waals surface area contributed by atoms with Gasteiger partial charge in [-0.3, -0.25) is 4.79 Å². The van der Waals surface area contributed by atoms with Crippen molar-refractivity contribution in [2.24, 2.45) is 11.7 Å². The first-order chi connectivity index (χ1) is 10.7. The predicted octanol–water partition coefficient (Wildman–Crippen LogP) is 2.11. The largest absolute Gasteiger partial charge is 0.459 e. The van der Waals surface area contributed by atoms with Crippen LogP contribution in [0.2, 0.25) is 0 Å². The number of nitrogens with one attached hydrogen (secondary N) is 1. The molecule has 1 unspecified atom stereocenters. The Balaban J connectivity index is 1.63. The zero-order valence-corrected chi connectivity index (χ0v) is 12.8. The Morgan fingerprint density at radius 1 is 1.36 bits per heavy atom. The van der Waals surface area contributed by atoms with Gasteiger partial charge in [-0.1, -0.05) is 18.2 Å². The summed E-state index contributed by atoms with van der Waals surface area (Å²) in [6.07, 6.45) is 1.69.